The van der Waals surface area contributed by atoms with Crippen LogP contribution in [0.5, 0.6) is 0 Å². The van der Waals surface area contributed by atoms with Gasteiger partial charge in [-0.2, -0.15) is 5.26 Å². The van der Waals surface area contributed by atoms with E-state index in [-0.39, 0.29) is 27.8 Å². The minimum absolute atomic E-state index is 0.0481. The molecule has 0 aliphatic carbocycles. The van der Waals surface area contributed by atoms with E-state index in [2.05, 4.69) is 10.2 Å². The van der Waals surface area contributed by atoms with E-state index >= 15 is 0 Å². The summed E-state index contributed by atoms with van der Waals surface area (Å²) in [7, 11) is 0. The Labute approximate surface area is 176 Å². The molecule has 0 radical (unpaired) electrons. The maximum Gasteiger partial charge on any atom is 0.289 e. The number of carbonyl (C=O) groups is 1. The summed E-state index contributed by atoms with van der Waals surface area (Å²) in [6, 6.07) is 11.9. The summed E-state index contributed by atoms with van der Waals surface area (Å²) in [6.45, 7) is 2.43. The number of amides is 1. The first-order valence-corrected chi connectivity index (χ1v) is 9.37. The van der Waals surface area contributed by atoms with Crippen molar-refractivity contribution >= 4 is 34.6 Å². The van der Waals surface area contributed by atoms with E-state index in [0.717, 1.165) is 11.8 Å². The van der Waals surface area contributed by atoms with Gasteiger partial charge in [0.15, 0.2) is 0 Å². The third-order valence-electron chi connectivity index (χ3n) is 4.58. The molecule has 2 aromatic carbocycles. The van der Waals surface area contributed by atoms with Crippen LogP contribution >= 0.6 is 11.6 Å². The summed E-state index contributed by atoms with van der Waals surface area (Å²) in [6.07, 6.45) is 1.47. The molecule has 1 amide bonds. The topological polar surface area (TPSA) is 103 Å². The van der Waals surface area contributed by atoms with E-state index < -0.39 is 10.8 Å². The summed E-state index contributed by atoms with van der Waals surface area (Å²) < 4.78 is 13.1. The zero-order valence-corrected chi connectivity index (χ0v) is 16.5. The minimum Gasteiger partial charge on any atom is -0.373 e. The molecule has 1 aliphatic rings. The molecule has 1 heterocycles. The number of carbonyl (C=O) groups excluding carboxylic acids is 1. The molecule has 30 heavy (non-hydrogen) atoms. The Morgan fingerprint density at radius 2 is 1.87 bits per heavy atom. The number of nitriles is 1. The van der Waals surface area contributed by atoms with E-state index in [4.69, 9.17) is 11.6 Å². The standard InChI is InChI=1S/C20H17ClFN5O3/c21-18-6-3-16(11-19(18)27(29)30)24-20(28)14(12-23)13-25-7-9-26(10-8-25)17-4-1-15(22)2-5-17/h1-6,11,13H,7-10H2,(H,24,28)/b14-13-. The Bertz CT molecular complexity index is 1030. The minimum atomic E-state index is -0.671. The Hall–Kier alpha value is -3.64. The normalized spacial score (nSPS) is 14.2. The highest BCUT2D eigenvalue weighted by atomic mass is 35.5. The van der Waals surface area contributed by atoms with Gasteiger partial charge in [-0.1, -0.05) is 11.6 Å². The van der Waals surface area contributed by atoms with E-state index in [1.165, 1.54) is 30.5 Å². The molecule has 1 aliphatic heterocycles. The largest absolute Gasteiger partial charge is 0.373 e. The van der Waals surface area contributed by atoms with Crippen LogP contribution in [0.3, 0.4) is 0 Å². The monoisotopic (exact) mass is 429 g/mol. The van der Waals surface area contributed by atoms with Crippen LogP contribution in [0, 0.1) is 27.3 Å². The number of benzene rings is 2. The molecule has 0 bridgehead atoms. The number of anilines is 2. The first-order valence-electron chi connectivity index (χ1n) is 8.99. The number of rotatable bonds is 5. The number of nitro benzene ring substituents is 1. The molecule has 3 rings (SSSR count). The van der Waals surface area contributed by atoms with Crippen LogP contribution in [-0.4, -0.2) is 41.9 Å². The highest BCUT2D eigenvalue weighted by Crippen LogP contribution is 2.27. The third-order valence-corrected chi connectivity index (χ3v) is 4.90. The van der Waals surface area contributed by atoms with Gasteiger partial charge >= 0.3 is 0 Å². The average Bonchev–Trinajstić information content (AvgIpc) is 2.74. The number of piperazine rings is 1. The van der Waals surface area contributed by atoms with E-state index in [9.17, 15) is 24.6 Å². The number of hydrogen-bond acceptors (Lipinski definition) is 6. The lowest BCUT2D eigenvalue weighted by Gasteiger charge is -2.35. The van der Waals surface area contributed by atoms with Gasteiger partial charge in [0.1, 0.15) is 22.5 Å². The number of halogens is 2. The molecule has 1 N–H and O–H groups in total. The Kier molecular flexibility index (Phi) is 6.49. The van der Waals surface area contributed by atoms with Crippen molar-refractivity contribution in [3.05, 3.63) is 75.2 Å². The molecular weight excluding hydrogens is 413 g/mol. The summed E-state index contributed by atoms with van der Waals surface area (Å²) in [5.41, 5.74) is 0.609. The maximum absolute atomic E-state index is 13.1. The van der Waals surface area contributed by atoms with Crippen molar-refractivity contribution in [3.63, 3.8) is 0 Å². The summed E-state index contributed by atoms with van der Waals surface area (Å²) in [5.74, 6) is -0.967. The zero-order chi connectivity index (χ0) is 21.7. The lowest BCUT2D eigenvalue weighted by Crippen LogP contribution is -2.44. The van der Waals surface area contributed by atoms with Crippen LogP contribution in [0.25, 0.3) is 0 Å². The summed E-state index contributed by atoms with van der Waals surface area (Å²) in [4.78, 5) is 26.7. The van der Waals surface area contributed by atoms with Crippen molar-refractivity contribution in [2.24, 2.45) is 0 Å². The smallest absolute Gasteiger partial charge is 0.289 e. The van der Waals surface area contributed by atoms with Gasteiger partial charge in [0, 0.05) is 49.8 Å². The zero-order valence-electron chi connectivity index (χ0n) is 15.7. The van der Waals surface area contributed by atoms with Crippen LogP contribution in [0.1, 0.15) is 0 Å². The van der Waals surface area contributed by atoms with Crippen molar-refractivity contribution in [2.75, 3.05) is 36.4 Å². The molecular formula is C20H17ClFN5O3. The van der Waals surface area contributed by atoms with Crippen LogP contribution in [0.15, 0.2) is 54.2 Å². The number of nitrogens with zero attached hydrogens (tertiary/aromatic N) is 4. The third kappa shape index (κ3) is 5.04. The molecule has 0 saturated carbocycles. The highest BCUT2D eigenvalue weighted by molar-refractivity contribution is 6.32. The average molecular weight is 430 g/mol. The maximum atomic E-state index is 13.1. The first-order chi connectivity index (χ1) is 14.4. The second kappa shape index (κ2) is 9.24. The Balaban J connectivity index is 1.64. The van der Waals surface area contributed by atoms with Gasteiger partial charge in [0.05, 0.1) is 4.92 Å². The van der Waals surface area contributed by atoms with E-state index in [1.807, 2.05) is 11.0 Å². The van der Waals surface area contributed by atoms with E-state index in [0.29, 0.717) is 26.2 Å². The molecule has 0 unspecified atom stereocenters. The molecule has 8 nitrogen and oxygen atoms in total. The predicted octanol–water partition coefficient (Wildman–Crippen LogP) is 3.56. The molecule has 1 saturated heterocycles. The first kappa shape index (κ1) is 21.1. The van der Waals surface area contributed by atoms with Gasteiger partial charge in [-0.3, -0.25) is 14.9 Å². The quantitative estimate of drug-likeness (QED) is 0.337. The van der Waals surface area contributed by atoms with Crippen LogP contribution in [0.2, 0.25) is 5.02 Å². The lowest BCUT2D eigenvalue weighted by atomic mass is 10.2. The second-order valence-corrected chi connectivity index (χ2v) is 6.94. The molecule has 10 heteroatoms. The van der Waals surface area contributed by atoms with Crippen molar-refractivity contribution in [2.45, 2.75) is 0 Å². The fourth-order valence-corrected chi connectivity index (χ4v) is 3.20. The Morgan fingerprint density at radius 3 is 2.47 bits per heavy atom. The highest BCUT2D eigenvalue weighted by Gasteiger charge is 2.19. The van der Waals surface area contributed by atoms with Crippen molar-refractivity contribution in [1.29, 1.82) is 5.26 Å². The van der Waals surface area contributed by atoms with E-state index in [1.54, 1.807) is 12.1 Å². The number of nitro groups is 1. The fourth-order valence-electron chi connectivity index (χ4n) is 3.01. The van der Waals surface area contributed by atoms with Crippen molar-refractivity contribution in [3.8, 4) is 6.07 Å². The predicted molar refractivity (Wildman–Crippen MR) is 111 cm³/mol. The van der Waals surface area contributed by atoms with Gasteiger partial charge in [-0.25, -0.2) is 4.39 Å². The van der Waals surface area contributed by atoms with Crippen molar-refractivity contribution < 1.29 is 14.1 Å². The Morgan fingerprint density at radius 1 is 1.20 bits per heavy atom. The van der Waals surface area contributed by atoms with Crippen LogP contribution < -0.4 is 10.2 Å². The molecule has 154 valence electrons. The molecule has 1 fully saturated rings. The molecule has 2 aromatic rings. The number of hydrogen-bond donors (Lipinski definition) is 1. The van der Waals surface area contributed by atoms with Gasteiger partial charge in [0.25, 0.3) is 11.6 Å². The summed E-state index contributed by atoms with van der Waals surface area (Å²) >= 11 is 5.76. The SMILES string of the molecule is N#C/C(=C/N1CCN(c2ccc(F)cc2)CC1)C(=O)Nc1ccc(Cl)c([N+](=O)[O-])c1. The van der Waals surface area contributed by atoms with Gasteiger partial charge in [-0.05, 0) is 36.4 Å². The second-order valence-electron chi connectivity index (χ2n) is 6.53. The van der Waals surface area contributed by atoms with Gasteiger partial charge in [0.2, 0.25) is 0 Å². The lowest BCUT2D eigenvalue weighted by molar-refractivity contribution is -0.384. The van der Waals surface area contributed by atoms with Gasteiger partial charge < -0.3 is 15.1 Å². The van der Waals surface area contributed by atoms with Crippen LogP contribution in [-0.2, 0) is 4.79 Å². The van der Waals surface area contributed by atoms with Crippen molar-refractivity contribution in [1.82, 2.24) is 4.90 Å². The number of nitrogens with one attached hydrogen (secondary N) is 1. The van der Waals surface area contributed by atoms with Gasteiger partial charge in [-0.15, -0.1) is 0 Å². The summed E-state index contributed by atoms with van der Waals surface area (Å²) in [5, 5.41) is 22.8. The van der Waals surface area contributed by atoms with Crippen LogP contribution in [0.4, 0.5) is 21.5 Å². The molecule has 0 spiro atoms. The molecule has 0 atom stereocenters. The fraction of sp³-hybridized carbons (Fsp3) is 0.200. The molecule has 0 aromatic heterocycles.